The normalized spacial score (nSPS) is 13.6. The second kappa shape index (κ2) is 8.31. The van der Waals surface area contributed by atoms with E-state index in [0.29, 0.717) is 29.5 Å². The van der Waals surface area contributed by atoms with Gasteiger partial charge in [-0.2, -0.15) is 0 Å². The van der Waals surface area contributed by atoms with Gasteiger partial charge in [0.05, 0.1) is 16.6 Å². The average molecular weight is 460 g/mol. The van der Waals surface area contributed by atoms with Gasteiger partial charge in [-0.1, -0.05) is 24.3 Å². The molecule has 2 N–H and O–H groups in total. The minimum absolute atomic E-state index is 0.131. The number of halogens is 3. The summed E-state index contributed by atoms with van der Waals surface area (Å²) in [7, 11) is -3.75. The molecule has 0 amide bonds. The minimum Gasteiger partial charge on any atom is -0.349 e. The zero-order valence-electron chi connectivity index (χ0n) is 17.0. The van der Waals surface area contributed by atoms with E-state index in [1.807, 2.05) is 0 Å². The summed E-state index contributed by atoms with van der Waals surface area (Å²) in [6.07, 6.45) is 0.978. The van der Waals surface area contributed by atoms with Gasteiger partial charge in [0.2, 0.25) is 10.0 Å². The molecule has 3 aromatic rings. The van der Waals surface area contributed by atoms with E-state index in [1.165, 1.54) is 19.1 Å². The molecule has 1 saturated carbocycles. The van der Waals surface area contributed by atoms with Crippen LogP contribution in [-0.2, 0) is 10.0 Å². The first-order chi connectivity index (χ1) is 15.2. The molecular formula is C23H19F3N2O3S. The summed E-state index contributed by atoms with van der Waals surface area (Å²) in [5.41, 5.74) is 0.656. The van der Waals surface area contributed by atoms with Crippen molar-refractivity contribution >= 4 is 32.9 Å². The first-order valence-corrected chi connectivity index (χ1v) is 11.4. The molecule has 0 saturated heterocycles. The Morgan fingerprint density at radius 2 is 1.59 bits per heavy atom. The summed E-state index contributed by atoms with van der Waals surface area (Å²) in [5.74, 6) is -3.44. The van der Waals surface area contributed by atoms with E-state index in [1.54, 1.807) is 30.3 Å². The zero-order valence-corrected chi connectivity index (χ0v) is 17.8. The van der Waals surface area contributed by atoms with E-state index in [0.717, 1.165) is 12.1 Å². The standard InChI is InChI=1S/C23H19F3N2O3S/c1-13(29)14-3-2-4-15(11-14)16-5-9-20(19(25)12-16)27-23-21(10-8-18(24)22(23)26)28-32(30,31)17-6-7-17/h2-5,8-12,17,27-28H,6-7H2,1H3. The lowest BCUT2D eigenvalue weighted by Gasteiger charge is -2.16. The number of Topliss-reactive ketones (excluding diaryl/α,β-unsaturated/α-hetero) is 1. The van der Waals surface area contributed by atoms with Gasteiger partial charge in [0, 0.05) is 5.56 Å². The van der Waals surface area contributed by atoms with Gasteiger partial charge < -0.3 is 5.32 Å². The monoisotopic (exact) mass is 460 g/mol. The number of benzene rings is 3. The average Bonchev–Trinajstić information content (AvgIpc) is 3.60. The maximum absolute atomic E-state index is 14.8. The Hall–Kier alpha value is -3.33. The molecule has 1 aliphatic carbocycles. The van der Waals surface area contributed by atoms with Crippen LogP contribution in [0.15, 0.2) is 54.6 Å². The van der Waals surface area contributed by atoms with Crippen molar-refractivity contribution in [3.63, 3.8) is 0 Å². The number of hydrogen-bond acceptors (Lipinski definition) is 4. The van der Waals surface area contributed by atoms with E-state index in [9.17, 15) is 26.4 Å². The van der Waals surface area contributed by atoms with Crippen LogP contribution in [0.1, 0.15) is 30.1 Å². The fraction of sp³-hybridized carbons (Fsp3) is 0.174. The highest BCUT2D eigenvalue weighted by Gasteiger charge is 2.36. The van der Waals surface area contributed by atoms with Crippen LogP contribution >= 0.6 is 0 Å². The fourth-order valence-corrected chi connectivity index (χ4v) is 4.62. The van der Waals surface area contributed by atoms with E-state index in [2.05, 4.69) is 10.0 Å². The molecule has 166 valence electrons. The predicted octanol–water partition coefficient (Wildman–Crippen LogP) is 5.62. The third kappa shape index (κ3) is 4.47. The molecule has 5 nitrogen and oxygen atoms in total. The highest BCUT2D eigenvalue weighted by Crippen LogP contribution is 2.36. The van der Waals surface area contributed by atoms with Crippen LogP contribution in [0.2, 0.25) is 0 Å². The fourth-order valence-electron chi connectivity index (χ4n) is 3.22. The zero-order chi connectivity index (χ0) is 23.0. The van der Waals surface area contributed by atoms with Crippen molar-refractivity contribution in [1.29, 1.82) is 0 Å². The van der Waals surface area contributed by atoms with Crippen LogP contribution < -0.4 is 10.0 Å². The molecule has 0 bridgehead atoms. The Kier molecular flexibility index (Phi) is 5.68. The largest absolute Gasteiger partial charge is 0.349 e. The summed E-state index contributed by atoms with van der Waals surface area (Å²) in [6.45, 7) is 1.43. The molecule has 0 spiro atoms. The van der Waals surface area contributed by atoms with Gasteiger partial charge in [-0.05, 0) is 61.2 Å². The third-order valence-corrected chi connectivity index (χ3v) is 6.99. The summed E-state index contributed by atoms with van der Waals surface area (Å²) >= 11 is 0. The smallest absolute Gasteiger partial charge is 0.235 e. The highest BCUT2D eigenvalue weighted by atomic mass is 32.2. The molecule has 4 rings (SSSR count). The highest BCUT2D eigenvalue weighted by molar-refractivity contribution is 7.93. The molecule has 1 fully saturated rings. The van der Waals surface area contributed by atoms with Gasteiger partial charge in [0.15, 0.2) is 17.4 Å². The predicted molar refractivity (Wildman–Crippen MR) is 117 cm³/mol. The molecule has 32 heavy (non-hydrogen) atoms. The van der Waals surface area contributed by atoms with E-state index in [-0.39, 0.29) is 17.2 Å². The number of carbonyl (C=O) groups is 1. The van der Waals surface area contributed by atoms with Crippen molar-refractivity contribution < 1.29 is 26.4 Å². The third-order valence-electron chi connectivity index (χ3n) is 5.14. The molecule has 0 aromatic heterocycles. The molecule has 0 unspecified atom stereocenters. The first-order valence-electron chi connectivity index (χ1n) is 9.83. The van der Waals surface area contributed by atoms with E-state index < -0.39 is 38.4 Å². The molecule has 0 atom stereocenters. The Labute approximate surface area is 183 Å². The number of carbonyl (C=O) groups excluding carboxylic acids is 1. The maximum atomic E-state index is 14.8. The molecular weight excluding hydrogens is 441 g/mol. The Bertz CT molecular complexity index is 1320. The SMILES string of the molecule is CC(=O)c1cccc(-c2ccc(Nc3c(NS(=O)(=O)C4CC4)ccc(F)c3F)c(F)c2)c1. The number of hydrogen-bond donors (Lipinski definition) is 2. The van der Waals surface area contributed by atoms with Crippen molar-refractivity contribution in [2.45, 2.75) is 25.0 Å². The minimum atomic E-state index is -3.75. The molecule has 1 aliphatic rings. The number of sulfonamides is 1. The van der Waals surface area contributed by atoms with Crippen LogP contribution in [0.3, 0.4) is 0 Å². The Balaban J connectivity index is 1.67. The first kappa shape index (κ1) is 21.9. The van der Waals surface area contributed by atoms with Gasteiger partial charge in [-0.25, -0.2) is 21.6 Å². The van der Waals surface area contributed by atoms with Crippen molar-refractivity contribution in [2.75, 3.05) is 10.0 Å². The Morgan fingerprint density at radius 3 is 2.25 bits per heavy atom. The van der Waals surface area contributed by atoms with Gasteiger partial charge in [0.1, 0.15) is 11.5 Å². The van der Waals surface area contributed by atoms with Gasteiger partial charge >= 0.3 is 0 Å². The number of nitrogens with one attached hydrogen (secondary N) is 2. The topological polar surface area (TPSA) is 75.3 Å². The van der Waals surface area contributed by atoms with Crippen molar-refractivity contribution in [3.8, 4) is 11.1 Å². The number of anilines is 3. The second-order valence-electron chi connectivity index (χ2n) is 7.59. The lowest BCUT2D eigenvalue weighted by molar-refractivity contribution is 0.101. The Morgan fingerprint density at radius 1 is 0.906 bits per heavy atom. The summed E-state index contributed by atoms with van der Waals surface area (Å²) in [6, 6.07) is 12.6. The van der Waals surface area contributed by atoms with Crippen molar-refractivity contribution in [2.24, 2.45) is 0 Å². The van der Waals surface area contributed by atoms with Crippen LogP contribution in [0.25, 0.3) is 11.1 Å². The molecule has 0 heterocycles. The quantitative estimate of drug-likeness (QED) is 0.449. The van der Waals surface area contributed by atoms with Gasteiger partial charge in [-0.15, -0.1) is 0 Å². The van der Waals surface area contributed by atoms with Gasteiger partial charge in [-0.3, -0.25) is 9.52 Å². The second-order valence-corrected chi connectivity index (χ2v) is 9.55. The summed E-state index contributed by atoms with van der Waals surface area (Å²) < 4.78 is 70.0. The lowest BCUT2D eigenvalue weighted by atomic mass is 10.0. The summed E-state index contributed by atoms with van der Waals surface area (Å²) in [4.78, 5) is 11.6. The van der Waals surface area contributed by atoms with Crippen molar-refractivity contribution in [3.05, 3.63) is 77.6 Å². The molecule has 3 aromatic carbocycles. The van der Waals surface area contributed by atoms with Crippen LogP contribution in [0.5, 0.6) is 0 Å². The molecule has 0 radical (unpaired) electrons. The lowest BCUT2D eigenvalue weighted by Crippen LogP contribution is -2.18. The van der Waals surface area contributed by atoms with Crippen LogP contribution in [0.4, 0.5) is 30.2 Å². The van der Waals surface area contributed by atoms with E-state index in [4.69, 9.17) is 0 Å². The number of rotatable bonds is 7. The van der Waals surface area contributed by atoms with Gasteiger partial charge in [0.25, 0.3) is 0 Å². The van der Waals surface area contributed by atoms with Crippen LogP contribution in [-0.4, -0.2) is 19.5 Å². The number of ketones is 1. The van der Waals surface area contributed by atoms with Crippen LogP contribution in [0, 0.1) is 17.5 Å². The van der Waals surface area contributed by atoms with E-state index >= 15 is 0 Å². The molecule has 9 heteroatoms. The maximum Gasteiger partial charge on any atom is 0.235 e. The molecule has 0 aliphatic heterocycles. The summed E-state index contributed by atoms with van der Waals surface area (Å²) in [5, 5.41) is 1.89. The van der Waals surface area contributed by atoms with Crippen molar-refractivity contribution in [1.82, 2.24) is 0 Å².